The maximum atomic E-state index is 13.6. The lowest BCUT2D eigenvalue weighted by Gasteiger charge is -2.26. The fourth-order valence-electron chi connectivity index (χ4n) is 4.57. The second-order valence-electron chi connectivity index (χ2n) is 10.7. The van der Waals surface area contributed by atoms with Crippen LogP contribution in [-0.4, -0.2) is 63.4 Å². The molecule has 2 aromatic carbocycles. The Bertz CT molecular complexity index is 1300. The molecule has 3 aromatic rings. The lowest BCUT2D eigenvalue weighted by Crippen LogP contribution is -2.56. The first-order chi connectivity index (χ1) is 19.1. The van der Waals surface area contributed by atoms with E-state index in [1.165, 1.54) is 0 Å². The standard InChI is InChI=1S/C30H38N6O4/c1-21-26(32-20-36(21)25(23-14-8-5-9-15-23)28(38)35-16-10-11-17-35)34-27(37)24(33-29(39)30(2,3)31)19-40-18-22-12-6-4-7-13-22/h4-9,12-15,20,24-25H,10-11,16-19,31H2,1-3H3,(H,33,39)(H,34,37)/t24-,25?/m1/s1. The Kier molecular flexibility index (Phi) is 9.34. The van der Waals surface area contributed by atoms with E-state index in [9.17, 15) is 14.4 Å². The predicted molar refractivity (Wildman–Crippen MR) is 152 cm³/mol. The number of ether oxygens (including phenoxy) is 1. The molecule has 0 bridgehead atoms. The normalized spacial score (nSPS) is 14.9. The molecule has 1 unspecified atom stereocenters. The number of aromatic nitrogens is 2. The minimum Gasteiger partial charge on any atom is -0.374 e. The molecule has 1 aromatic heterocycles. The molecule has 1 aliphatic rings. The highest BCUT2D eigenvalue weighted by atomic mass is 16.5. The molecule has 0 radical (unpaired) electrons. The quantitative estimate of drug-likeness (QED) is 0.339. The van der Waals surface area contributed by atoms with Gasteiger partial charge in [0, 0.05) is 13.1 Å². The number of likely N-dealkylation sites (tertiary alicyclic amines) is 1. The molecule has 1 saturated heterocycles. The van der Waals surface area contributed by atoms with Crippen LogP contribution in [0.15, 0.2) is 67.0 Å². The summed E-state index contributed by atoms with van der Waals surface area (Å²) in [5.74, 6) is -0.694. The average Bonchev–Trinajstić information content (AvgIpc) is 3.60. The zero-order chi connectivity index (χ0) is 28.7. The van der Waals surface area contributed by atoms with Gasteiger partial charge in [0.2, 0.25) is 11.8 Å². The number of carbonyl (C=O) groups is 3. The van der Waals surface area contributed by atoms with Gasteiger partial charge in [-0.15, -0.1) is 0 Å². The van der Waals surface area contributed by atoms with E-state index in [-0.39, 0.29) is 19.1 Å². The lowest BCUT2D eigenvalue weighted by atomic mass is 10.0. The Balaban J connectivity index is 1.53. The molecule has 3 amide bonds. The van der Waals surface area contributed by atoms with Crippen LogP contribution < -0.4 is 16.4 Å². The third-order valence-electron chi connectivity index (χ3n) is 6.93. The Morgan fingerprint density at radius 2 is 1.65 bits per heavy atom. The lowest BCUT2D eigenvalue weighted by molar-refractivity contribution is -0.132. The van der Waals surface area contributed by atoms with Crippen molar-refractivity contribution in [3.05, 3.63) is 83.8 Å². The van der Waals surface area contributed by atoms with Crippen molar-refractivity contribution in [1.29, 1.82) is 0 Å². The molecule has 10 nitrogen and oxygen atoms in total. The molecule has 4 N–H and O–H groups in total. The monoisotopic (exact) mass is 546 g/mol. The third kappa shape index (κ3) is 7.13. The van der Waals surface area contributed by atoms with Crippen molar-refractivity contribution in [2.75, 3.05) is 25.0 Å². The molecule has 0 aliphatic carbocycles. The van der Waals surface area contributed by atoms with Crippen LogP contribution in [0.4, 0.5) is 5.82 Å². The van der Waals surface area contributed by atoms with Gasteiger partial charge in [-0.1, -0.05) is 60.7 Å². The second-order valence-corrected chi connectivity index (χ2v) is 10.7. The van der Waals surface area contributed by atoms with E-state index in [1.54, 1.807) is 31.7 Å². The van der Waals surface area contributed by atoms with Gasteiger partial charge in [0.1, 0.15) is 12.1 Å². The first-order valence-corrected chi connectivity index (χ1v) is 13.5. The molecular weight excluding hydrogens is 508 g/mol. The van der Waals surface area contributed by atoms with Gasteiger partial charge < -0.3 is 30.6 Å². The number of hydrogen-bond acceptors (Lipinski definition) is 6. The Labute approximate surface area is 234 Å². The minimum absolute atomic E-state index is 0.00768. The van der Waals surface area contributed by atoms with E-state index in [1.807, 2.05) is 65.6 Å². The van der Waals surface area contributed by atoms with Crippen molar-refractivity contribution in [2.45, 2.75) is 57.8 Å². The average molecular weight is 547 g/mol. The summed E-state index contributed by atoms with van der Waals surface area (Å²) in [7, 11) is 0. The van der Waals surface area contributed by atoms with Gasteiger partial charge in [-0.3, -0.25) is 14.4 Å². The zero-order valence-corrected chi connectivity index (χ0v) is 23.3. The van der Waals surface area contributed by atoms with E-state index in [0.29, 0.717) is 11.5 Å². The fraction of sp³-hybridized carbons (Fsp3) is 0.400. The molecule has 10 heteroatoms. The fourth-order valence-corrected chi connectivity index (χ4v) is 4.57. The van der Waals surface area contributed by atoms with Gasteiger partial charge in [-0.2, -0.15) is 0 Å². The van der Waals surface area contributed by atoms with E-state index < -0.39 is 29.4 Å². The number of anilines is 1. The first kappa shape index (κ1) is 29.0. The number of nitrogens with one attached hydrogen (secondary N) is 2. The predicted octanol–water partition coefficient (Wildman–Crippen LogP) is 2.78. The Hall–Kier alpha value is -4.02. The largest absolute Gasteiger partial charge is 0.374 e. The molecular formula is C30H38N6O4. The molecule has 4 rings (SSSR count). The maximum absolute atomic E-state index is 13.6. The van der Waals surface area contributed by atoms with E-state index in [2.05, 4.69) is 15.6 Å². The van der Waals surface area contributed by atoms with Crippen LogP contribution in [0.5, 0.6) is 0 Å². The first-order valence-electron chi connectivity index (χ1n) is 13.5. The van der Waals surface area contributed by atoms with Gasteiger partial charge >= 0.3 is 0 Å². The van der Waals surface area contributed by atoms with Crippen LogP contribution in [0, 0.1) is 6.92 Å². The molecule has 2 atom stereocenters. The Morgan fingerprint density at radius 1 is 1.02 bits per heavy atom. The van der Waals surface area contributed by atoms with Crippen LogP contribution in [0.2, 0.25) is 0 Å². The van der Waals surface area contributed by atoms with Crippen molar-refractivity contribution in [2.24, 2.45) is 5.73 Å². The summed E-state index contributed by atoms with van der Waals surface area (Å²) < 4.78 is 7.57. The summed E-state index contributed by atoms with van der Waals surface area (Å²) in [6, 6.07) is 17.5. The van der Waals surface area contributed by atoms with Crippen molar-refractivity contribution < 1.29 is 19.1 Å². The second kappa shape index (κ2) is 12.9. The Morgan fingerprint density at radius 3 is 2.27 bits per heavy atom. The van der Waals surface area contributed by atoms with Crippen LogP contribution in [0.3, 0.4) is 0 Å². The molecule has 212 valence electrons. The summed E-state index contributed by atoms with van der Waals surface area (Å²) in [6.07, 6.45) is 3.53. The van der Waals surface area contributed by atoms with Crippen LogP contribution in [0.1, 0.15) is 49.6 Å². The number of nitrogens with zero attached hydrogens (tertiary/aromatic N) is 3. The molecule has 0 saturated carbocycles. The van der Waals surface area contributed by atoms with Gasteiger partial charge in [-0.25, -0.2) is 4.98 Å². The van der Waals surface area contributed by atoms with Crippen molar-refractivity contribution >= 4 is 23.5 Å². The highest BCUT2D eigenvalue weighted by Crippen LogP contribution is 2.27. The molecule has 1 aliphatic heterocycles. The van der Waals surface area contributed by atoms with Crippen molar-refractivity contribution in [1.82, 2.24) is 19.8 Å². The van der Waals surface area contributed by atoms with Gasteiger partial charge in [-0.05, 0) is 44.7 Å². The van der Waals surface area contributed by atoms with Gasteiger partial charge in [0.25, 0.3) is 5.91 Å². The number of benzene rings is 2. The molecule has 2 heterocycles. The summed E-state index contributed by atoms with van der Waals surface area (Å²) in [4.78, 5) is 45.9. The molecule has 0 spiro atoms. The van der Waals surface area contributed by atoms with Gasteiger partial charge in [0.15, 0.2) is 5.82 Å². The van der Waals surface area contributed by atoms with Gasteiger partial charge in [0.05, 0.1) is 30.8 Å². The zero-order valence-electron chi connectivity index (χ0n) is 23.3. The van der Waals surface area contributed by atoms with Crippen molar-refractivity contribution in [3.63, 3.8) is 0 Å². The summed E-state index contributed by atoms with van der Waals surface area (Å²) in [5, 5.41) is 5.52. The smallest absolute Gasteiger partial charge is 0.250 e. The summed E-state index contributed by atoms with van der Waals surface area (Å²) in [6.45, 7) is 6.59. The highest BCUT2D eigenvalue weighted by Gasteiger charge is 2.32. The van der Waals surface area contributed by atoms with E-state index >= 15 is 0 Å². The summed E-state index contributed by atoms with van der Waals surface area (Å²) in [5.41, 5.74) is 7.17. The third-order valence-corrected chi connectivity index (χ3v) is 6.93. The number of rotatable bonds is 11. The van der Waals surface area contributed by atoms with Crippen molar-refractivity contribution in [3.8, 4) is 0 Å². The van der Waals surface area contributed by atoms with Crippen LogP contribution >= 0.6 is 0 Å². The topological polar surface area (TPSA) is 132 Å². The number of nitrogens with two attached hydrogens (primary N) is 1. The molecule has 1 fully saturated rings. The van der Waals surface area contributed by atoms with E-state index in [4.69, 9.17) is 10.5 Å². The number of imidazole rings is 1. The number of amides is 3. The highest BCUT2D eigenvalue weighted by molar-refractivity contribution is 5.98. The minimum atomic E-state index is -1.19. The van der Waals surface area contributed by atoms with Crippen LogP contribution in [-0.2, 0) is 25.7 Å². The number of carbonyl (C=O) groups excluding carboxylic acids is 3. The van der Waals surface area contributed by atoms with E-state index in [0.717, 1.165) is 37.1 Å². The maximum Gasteiger partial charge on any atom is 0.250 e. The van der Waals surface area contributed by atoms with Crippen LogP contribution in [0.25, 0.3) is 0 Å². The summed E-state index contributed by atoms with van der Waals surface area (Å²) >= 11 is 0. The molecule has 40 heavy (non-hydrogen) atoms. The SMILES string of the molecule is Cc1c(NC(=O)[C@@H](COCc2ccccc2)NC(=O)C(C)(C)N)ncn1C(C(=O)N1CCCC1)c1ccccc1. The number of hydrogen-bond donors (Lipinski definition) is 3.